The highest BCUT2D eigenvalue weighted by molar-refractivity contribution is 5.84. The van der Waals surface area contributed by atoms with Gasteiger partial charge in [-0.3, -0.25) is 4.79 Å². The smallest absolute Gasteiger partial charge is 0.143 e. The van der Waals surface area contributed by atoms with Crippen LogP contribution in [0.2, 0.25) is 0 Å². The van der Waals surface area contributed by atoms with Gasteiger partial charge < -0.3 is 14.8 Å². The normalized spacial score (nSPS) is 35.4. The van der Waals surface area contributed by atoms with Crippen LogP contribution < -0.4 is 5.32 Å². The van der Waals surface area contributed by atoms with Gasteiger partial charge in [-0.15, -0.1) is 0 Å². The van der Waals surface area contributed by atoms with Crippen LogP contribution in [0.15, 0.2) is 0 Å². The Morgan fingerprint density at radius 1 is 1.29 bits per heavy atom. The van der Waals surface area contributed by atoms with E-state index in [2.05, 4.69) is 12.2 Å². The molecule has 0 aromatic rings. The number of ketones is 1. The number of ether oxygens (including phenoxy) is 2. The van der Waals surface area contributed by atoms with Crippen molar-refractivity contribution in [1.29, 1.82) is 0 Å². The van der Waals surface area contributed by atoms with E-state index in [1.807, 2.05) is 0 Å². The zero-order valence-electron chi connectivity index (χ0n) is 13.2. The first-order valence-corrected chi connectivity index (χ1v) is 8.73. The standard InChI is InChI=1S/C17H29NO3/c1-2-8-18-15-12-20-11-14(15)16(19)13-5-9-21-17(10-13)6-3-4-7-17/h13-15,18H,2-12H2,1H3. The Kier molecular flexibility index (Phi) is 4.97. The lowest BCUT2D eigenvalue weighted by Gasteiger charge is -2.38. The summed E-state index contributed by atoms with van der Waals surface area (Å²) in [5, 5.41) is 3.49. The molecule has 2 aliphatic heterocycles. The molecule has 2 heterocycles. The SMILES string of the molecule is CCCNC1COCC1C(=O)C1CCOC2(CCCC2)C1. The van der Waals surface area contributed by atoms with Crippen LogP contribution in [0.25, 0.3) is 0 Å². The van der Waals surface area contributed by atoms with Gasteiger partial charge in [-0.2, -0.15) is 0 Å². The Labute approximate surface area is 127 Å². The molecule has 0 radical (unpaired) electrons. The molecule has 21 heavy (non-hydrogen) atoms. The molecular formula is C17H29NO3. The quantitative estimate of drug-likeness (QED) is 0.845. The van der Waals surface area contributed by atoms with Gasteiger partial charge in [0, 0.05) is 18.6 Å². The van der Waals surface area contributed by atoms with E-state index in [1.165, 1.54) is 12.8 Å². The fraction of sp³-hybridized carbons (Fsp3) is 0.941. The van der Waals surface area contributed by atoms with Gasteiger partial charge in [-0.25, -0.2) is 0 Å². The molecule has 3 atom stereocenters. The molecule has 1 saturated carbocycles. The number of nitrogens with one attached hydrogen (secondary N) is 1. The van der Waals surface area contributed by atoms with Crippen molar-refractivity contribution >= 4 is 5.78 Å². The van der Waals surface area contributed by atoms with E-state index in [-0.39, 0.29) is 23.5 Å². The summed E-state index contributed by atoms with van der Waals surface area (Å²) in [6, 6.07) is 0.222. The van der Waals surface area contributed by atoms with Gasteiger partial charge in [0.1, 0.15) is 5.78 Å². The average Bonchev–Trinajstić information content (AvgIpc) is 3.14. The van der Waals surface area contributed by atoms with Crippen LogP contribution in [-0.4, -0.2) is 43.8 Å². The lowest BCUT2D eigenvalue weighted by molar-refractivity contribution is -0.140. The predicted octanol–water partition coefficient (Wildman–Crippen LogP) is 2.31. The van der Waals surface area contributed by atoms with E-state index in [9.17, 15) is 4.79 Å². The highest BCUT2D eigenvalue weighted by atomic mass is 16.5. The molecule has 0 amide bonds. The first kappa shape index (κ1) is 15.4. The van der Waals surface area contributed by atoms with Crippen molar-refractivity contribution in [3.05, 3.63) is 0 Å². The fourth-order valence-corrected chi connectivity index (χ4v) is 4.31. The molecule has 0 aromatic carbocycles. The Bertz CT molecular complexity index is 365. The minimum Gasteiger partial charge on any atom is -0.379 e. The van der Waals surface area contributed by atoms with Crippen molar-refractivity contribution in [1.82, 2.24) is 5.32 Å². The van der Waals surface area contributed by atoms with Crippen LogP contribution in [0.1, 0.15) is 51.9 Å². The van der Waals surface area contributed by atoms with Crippen LogP contribution in [0, 0.1) is 11.8 Å². The maximum atomic E-state index is 12.9. The minimum atomic E-state index is 0.0321. The predicted molar refractivity (Wildman–Crippen MR) is 81.3 cm³/mol. The summed E-state index contributed by atoms with van der Waals surface area (Å²) in [5.74, 6) is 0.670. The topological polar surface area (TPSA) is 47.6 Å². The number of hydrogen-bond donors (Lipinski definition) is 1. The summed E-state index contributed by atoms with van der Waals surface area (Å²) in [6.07, 6.45) is 7.76. The van der Waals surface area contributed by atoms with Crippen molar-refractivity contribution in [3.8, 4) is 0 Å². The summed E-state index contributed by atoms with van der Waals surface area (Å²) < 4.78 is 11.6. The Morgan fingerprint density at radius 2 is 2.10 bits per heavy atom. The molecule has 3 aliphatic rings. The van der Waals surface area contributed by atoms with Crippen molar-refractivity contribution in [2.75, 3.05) is 26.4 Å². The van der Waals surface area contributed by atoms with Gasteiger partial charge >= 0.3 is 0 Å². The van der Waals surface area contributed by atoms with Gasteiger partial charge in [-0.05, 0) is 38.6 Å². The largest absolute Gasteiger partial charge is 0.379 e. The van der Waals surface area contributed by atoms with Crippen molar-refractivity contribution < 1.29 is 14.3 Å². The first-order valence-electron chi connectivity index (χ1n) is 8.73. The Morgan fingerprint density at radius 3 is 2.86 bits per heavy atom. The summed E-state index contributed by atoms with van der Waals surface area (Å²) in [5.41, 5.74) is 0.0321. The molecular weight excluding hydrogens is 266 g/mol. The third-order valence-electron chi connectivity index (χ3n) is 5.51. The maximum absolute atomic E-state index is 12.9. The first-order chi connectivity index (χ1) is 10.2. The van der Waals surface area contributed by atoms with Crippen LogP contribution in [-0.2, 0) is 14.3 Å². The molecule has 1 spiro atoms. The molecule has 4 heteroatoms. The highest BCUT2D eigenvalue weighted by Crippen LogP contribution is 2.43. The highest BCUT2D eigenvalue weighted by Gasteiger charge is 2.45. The van der Waals surface area contributed by atoms with E-state index >= 15 is 0 Å². The minimum absolute atomic E-state index is 0.0321. The molecule has 3 unspecified atom stereocenters. The Hall–Kier alpha value is -0.450. The summed E-state index contributed by atoms with van der Waals surface area (Å²) in [4.78, 5) is 12.9. The number of carbonyl (C=O) groups excluding carboxylic acids is 1. The van der Waals surface area contributed by atoms with E-state index in [0.717, 1.165) is 45.3 Å². The van der Waals surface area contributed by atoms with E-state index in [1.54, 1.807) is 0 Å². The van der Waals surface area contributed by atoms with Crippen LogP contribution in [0.4, 0.5) is 0 Å². The molecule has 0 bridgehead atoms. The summed E-state index contributed by atoms with van der Waals surface area (Å²) in [6.45, 7) is 5.17. The zero-order valence-corrected chi connectivity index (χ0v) is 13.2. The second-order valence-electron chi connectivity index (χ2n) is 7.04. The lowest BCUT2D eigenvalue weighted by atomic mass is 9.78. The average molecular weight is 295 g/mol. The second kappa shape index (κ2) is 6.76. The maximum Gasteiger partial charge on any atom is 0.143 e. The van der Waals surface area contributed by atoms with Crippen LogP contribution >= 0.6 is 0 Å². The summed E-state index contributed by atoms with van der Waals surface area (Å²) >= 11 is 0. The van der Waals surface area contributed by atoms with Gasteiger partial charge in [0.15, 0.2) is 0 Å². The number of hydrogen-bond acceptors (Lipinski definition) is 4. The fourth-order valence-electron chi connectivity index (χ4n) is 4.31. The van der Waals surface area contributed by atoms with Gasteiger partial charge in [0.2, 0.25) is 0 Å². The molecule has 4 nitrogen and oxygen atoms in total. The van der Waals surface area contributed by atoms with E-state index < -0.39 is 0 Å². The van der Waals surface area contributed by atoms with Gasteiger partial charge in [0.05, 0.1) is 24.7 Å². The zero-order chi connectivity index (χ0) is 14.7. The second-order valence-corrected chi connectivity index (χ2v) is 7.04. The number of Topliss-reactive ketones (excluding diaryl/α,β-unsaturated/α-hetero) is 1. The van der Waals surface area contributed by atoms with Gasteiger partial charge in [0.25, 0.3) is 0 Å². The molecule has 2 saturated heterocycles. The third kappa shape index (κ3) is 3.33. The van der Waals surface area contributed by atoms with E-state index in [0.29, 0.717) is 19.0 Å². The van der Waals surface area contributed by atoms with Crippen molar-refractivity contribution in [2.45, 2.75) is 63.5 Å². The van der Waals surface area contributed by atoms with Crippen molar-refractivity contribution in [2.24, 2.45) is 11.8 Å². The van der Waals surface area contributed by atoms with Gasteiger partial charge in [-0.1, -0.05) is 19.8 Å². The molecule has 1 aliphatic carbocycles. The molecule has 3 fully saturated rings. The van der Waals surface area contributed by atoms with Crippen LogP contribution in [0.3, 0.4) is 0 Å². The molecule has 1 N–H and O–H groups in total. The number of carbonyl (C=O) groups is 1. The monoisotopic (exact) mass is 295 g/mol. The van der Waals surface area contributed by atoms with Crippen LogP contribution in [0.5, 0.6) is 0 Å². The third-order valence-corrected chi connectivity index (χ3v) is 5.51. The number of rotatable bonds is 5. The molecule has 3 rings (SSSR count). The van der Waals surface area contributed by atoms with Crippen molar-refractivity contribution in [3.63, 3.8) is 0 Å². The molecule has 0 aromatic heterocycles. The molecule has 120 valence electrons. The lowest BCUT2D eigenvalue weighted by Crippen LogP contribution is -2.46. The summed E-state index contributed by atoms with van der Waals surface area (Å²) in [7, 11) is 0. The van der Waals surface area contributed by atoms with E-state index in [4.69, 9.17) is 9.47 Å². The Balaban J connectivity index is 1.61.